The number of nitrogens with one attached hydrogen (secondary N) is 1. The molecule has 0 radical (unpaired) electrons. The standard InChI is InChI=1S/C11H12N2O3.C7H7NO3/c12-9(11(15)16)3-6-5-13-10-2-1-7(14)4-8(6)10;8-6-4(7(10)11)2-1-3-5(6)9/h1-2,4-5,9,13-14H,3,12H2,(H,15,16);1-3,9H,8H2,(H,10,11)/t9-;/m0./s1. The van der Waals surface area contributed by atoms with Gasteiger partial charge in [-0.15, -0.1) is 0 Å². The van der Waals surface area contributed by atoms with Gasteiger partial charge in [0.2, 0.25) is 0 Å². The number of rotatable bonds is 4. The van der Waals surface area contributed by atoms with Crippen molar-refractivity contribution in [1.29, 1.82) is 0 Å². The van der Waals surface area contributed by atoms with Crippen LogP contribution in [0.1, 0.15) is 15.9 Å². The van der Waals surface area contributed by atoms with Crippen molar-refractivity contribution in [1.82, 2.24) is 4.98 Å². The summed E-state index contributed by atoms with van der Waals surface area (Å²) in [5.74, 6) is -2.23. The molecule has 0 saturated heterocycles. The minimum absolute atomic E-state index is 0.0787. The lowest BCUT2D eigenvalue weighted by atomic mass is 10.1. The Morgan fingerprint density at radius 2 is 1.81 bits per heavy atom. The van der Waals surface area contributed by atoms with Gasteiger partial charge in [0.1, 0.15) is 17.5 Å². The van der Waals surface area contributed by atoms with Gasteiger partial charge < -0.3 is 36.9 Å². The quantitative estimate of drug-likeness (QED) is 0.265. The van der Waals surface area contributed by atoms with Gasteiger partial charge in [-0.25, -0.2) is 4.79 Å². The zero-order valence-corrected chi connectivity index (χ0v) is 14.1. The Balaban J connectivity index is 0.000000208. The number of para-hydroxylation sites is 1. The Hall–Kier alpha value is -3.72. The number of benzene rings is 2. The number of phenols is 2. The lowest BCUT2D eigenvalue weighted by Crippen LogP contribution is -2.32. The summed E-state index contributed by atoms with van der Waals surface area (Å²) in [5.41, 5.74) is 12.2. The maximum Gasteiger partial charge on any atom is 0.337 e. The van der Waals surface area contributed by atoms with Crippen molar-refractivity contribution in [2.24, 2.45) is 5.73 Å². The fourth-order valence-corrected chi connectivity index (χ4v) is 2.40. The minimum Gasteiger partial charge on any atom is -0.508 e. The van der Waals surface area contributed by atoms with Crippen molar-refractivity contribution >= 4 is 28.5 Å². The topological polar surface area (TPSA) is 183 Å². The van der Waals surface area contributed by atoms with Gasteiger partial charge in [0.05, 0.1) is 11.3 Å². The molecule has 1 aromatic heterocycles. The number of anilines is 1. The van der Waals surface area contributed by atoms with Gasteiger partial charge in [-0.2, -0.15) is 0 Å². The highest BCUT2D eigenvalue weighted by Crippen LogP contribution is 2.24. The number of aromatic hydroxyl groups is 2. The zero-order valence-electron chi connectivity index (χ0n) is 14.1. The molecule has 0 saturated carbocycles. The normalized spacial score (nSPS) is 11.4. The molecule has 142 valence electrons. The first-order valence-electron chi connectivity index (χ1n) is 7.78. The van der Waals surface area contributed by atoms with E-state index in [4.69, 9.17) is 26.8 Å². The first-order chi connectivity index (χ1) is 12.7. The fraction of sp³-hybridized carbons (Fsp3) is 0.111. The molecule has 1 heterocycles. The highest BCUT2D eigenvalue weighted by Gasteiger charge is 2.15. The average Bonchev–Trinajstić information content (AvgIpc) is 2.99. The third kappa shape index (κ3) is 4.67. The molecule has 0 aliphatic rings. The van der Waals surface area contributed by atoms with E-state index in [9.17, 15) is 14.7 Å². The predicted molar refractivity (Wildman–Crippen MR) is 98.8 cm³/mol. The first kappa shape index (κ1) is 19.6. The molecular weight excluding hydrogens is 354 g/mol. The second kappa shape index (κ2) is 8.11. The molecule has 0 amide bonds. The van der Waals surface area contributed by atoms with Gasteiger partial charge in [0.15, 0.2) is 0 Å². The lowest BCUT2D eigenvalue weighted by molar-refractivity contribution is -0.138. The Morgan fingerprint density at radius 1 is 1.11 bits per heavy atom. The van der Waals surface area contributed by atoms with E-state index in [-0.39, 0.29) is 29.2 Å². The minimum atomic E-state index is -1.14. The average molecular weight is 373 g/mol. The Bertz CT molecular complexity index is 982. The molecule has 0 spiro atoms. The maximum atomic E-state index is 10.6. The maximum absolute atomic E-state index is 10.6. The number of hydrogen-bond acceptors (Lipinski definition) is 6. The van der Waals surface area contributed by atoms with Crippen molar-refractivity contribution in [3.63, 3.8) is 0 Å². The van der Waals surface area contributed by atoms with Crippen LogP contribution >= 0.6 is 0 Å². The number of H-pyrrole nitrogens is 1. The number of carboxylic acid groups (broad SMARTS) is 2. The molecule has 27 heavy (non-hydrogen) atoms. The van der Waals surface area contributed by atoms with Crippen LogP contribution in [-0.4, -0.2) is 43.4 Å². The van der Waals surface area contributed by atoms with Crippen LogP contribution in [0.25, 0.3) is 10.9 Å². The van der Waals surface area contributed by atoms with Gasteiger partial charge in [0.25, 0.3) is 0 Å². The number of carboxylic acids is 2. The van der Waals surface area contributed by atoms with Crippen molar-refractivity contribution < 1.29 is 30.0 Å². The van der Waals surface area contributed by atoms with Crippen LogP contribution in [0, 0.1) is 0 Å². The monoisotopic (exact) mass is 373 g/mol. The molecule has 9 nitrogen and oxygen atoms in total. The van der Waals surface area contributed by atoms with Crippen LogP contribution in [0.5, 0.6) is 11.5 Å². The lowest BCUT2D eigenvalue weighted by Gasteiger charge is -2.04. The van der Waals surface area contributed by atoms with Crippen LogP contribution in [0.4, 0.5) is 5.69 Å². The summed E-state index contributed by atoms with van der Waals surface area (Å²) in [7, 11) is 0. The number of nitrogens with two attached hydrogens (primary N) is 2. The molecular formula is C18H19N3O6. The van der Waals surface area contributed by atoms with Crippen LogP contribution < -0.4 is 11.5 Å². The van der Waals surface area contributed by atoms with E-state index >= 15 is 0 Å². The number of carbonyl (C=O) groups is 2. The summed E-state index contributed by atoms with van der Waals surface area (Å²) in [4.78, 5) is 24.0. The number of fused-ring (bicyclic) bond motifs is 1. The van der Waals surface area contributed by atoms with E-state index in [1.54, 1.807) is 24.4 Å². The van der Waals surface area contributed by atoms with Crippen LogP contribution in [-0.2, 0) is 11.2 Å². The number of phenolic OH excluding ortho intramolecular Hbond substituents is 2. The van der Waals surface area contributed by atoms with Crippen molar-refractivity contribution in [2.75, 3.05) is 5.73 Å². The summed E-state index contributed by atoms with van der Waals surface area (Å²) in [5, 5.41) is 36.3. The molecule has 9 N–H and O–H groups in total. The summed E-state index contributed by atoms with van der Waals surface area (Å²) in [6, 6.07) is 8.06. The SMILES string of the molecule is N[C@@H](Cc1c[nH]c2ccc(O)cc12)C(=O)O.Nc1c(O)cccc1C(=O)O. The summed E-state index contributed by atoms with van der Waals surface area (Å²) >= 11 is 0. The van der Waals surface area contributed by atoms with E-state index in [0.717, 1.165) is 16.5 Å². The van der Waals surface area contributed by atoms with Gasteiger partial charge in [0, 0.05) is 23.5 Å². The third-order valence-corrected chi connectivity index (χ3v) is 3.82. The second-order valence-electron chi connectivity index (χ2n) is 5.74. The van der Waals surface area contributed by atoms with Crippen LogP contribution in [0.3, 0.4) is 0 Å². The molecule has 2 aromatic carbocycles. The molecule has 0 bridgehead atoms. The fourth-order valence-electron chi connectivity index (χ4n) is 2.40. The zero-order chi connectivity index (χ0) is 20.1. The van der Waals surface area contributed by atoms with Gasteiger partial charge >= 0.3 is 11.9 Å². The van der Waals surface area contributed by atoms with Crippen molar-refractivity contribution in [3.05, 3.63) is 53.7 Å². The van der Waals surface area contributed by atoms with Crippen LogP contribution in [0.2, 0.25) is 0 Å². The number of nitrogen functional groups attached to an aromatic ring is 1. The van der Waals surface area contributed by atoms with E-state index in [0.29, 0.717) is 0 Å². The molecule has 0 fully saturated rings. The number of aromatic amines is 1. The molecule has 9 heteroatoms. The third-order valence-electron chi connectivity index (χ3n) is 3.82. The molecule has 3 aromatic rings. The predicted octanol–water partition coefficient (Wildman–Crippen LogP) is 1.50. The Kier molecular flexibility index (Phi) is 5.89. The van der Waals surface area contributed by atoms with Gasteiger partial charge in [-0.05, 0) is 35.9 Å². The number of aromatic carboxylic acids is 1. The molecule has 1 atom stereocenters. The van der Waals surface area contributed by atoms with E-state index in [1.165, 1.54) is 18.2 Å². The number of aliphatic carboxylic acids is 1. The summed E-state index contributed by atoms with van der Waals surface area (Å²) in [6.07, 6.45) is 1.95. The molecule has 3 rings (SSSR count). The smallest absolute Gasteiger partial charge is 0.337 e. The van der Waals surface area contributed by atoms with E-state index < -0.39 is 18.0 Å². The summed E-state index contributed by atoms with van der Waals surface area (Å²) in [6.45, 7) is 0. The molecule has 0 aliphatic carbocycles. The summed E-state index contributed by atoms with van der Waals surface area (Å²) < 4.78 is 0. The number of aromatic nitrogens is 1. The van der Waals surface area contributed by atoms with E-state index in [2.05, 4.69) is 4.98 Å². The van der Waals surface area contributed by atoms with E-state index in [1.807, 2.05) is 0 Å². The van der Waals surface area contributed by atoms with Crippen molar-refractivity contribution in [3.8, 4) is 11.5 Å². The second-order valence-corrected chi connectivity index (χ2v) is 5.74. The van der Waals surface area contributed by atoms with Gasteiger partial charge in [-0.1, -0.05) is 6.07 Å². The Morgan fingerprint density at radius 3 is 2.41 bits per heavy atom. The largest absolute Gasteiger partial charge is 0.508 e. The van der Waals surface area contributed by atoms with Crippen LogP contribution in [0.15, 0.2) is 42.6 Å². The van der Waals surface area contributed by atoms with Crippen molar-refractivity contribution in [2.45, 2.75) is 12.5 Å². The number of hydrogen-bond donors (Lipinski definition) is 7. The molecule has 0 unspecified atom stereocenters. The van der Waals surface area contributed by atoms with Gasteiger partial charge in [-0.3, -0.25) is 4.79 Å². The molecule has 0 aliphatic heterocycles. The first-order valence-corrected chi connectivity index (χ1v) is 7.78. The highest BCUT2D eigenvalue weighted by atomic mass is 16.4. The highest BCUT2D eigenvalue weighted by molar-refractivity contribution is 5.95. The Labute approximate surface area is 153 Å².